The first-order valence-corrected chi connectivity index (χ1v) is 7.46. The fraction of sp³-hybridized carbons (Fsp3) is 0.368. The van der Waals surface area contributed by atoms with Gasteiger partial charge in [0, 0.05) is 12.2 Å². The summed E-state index contributed by atoms with van der Waals surface area (Å²) in [4.78, 5) is 0. The van der Waals surface area contributed by atoms with Gasteiger partial charge in [-0.1, -0.05) is 57.2 Å². The van der Waals surface area contributed by atoms with Gasteiger partial charge in [-0.25, -0.2) is 0 Å². The van der Waals surface area contributed by atoms with E-state index in [4.69, 9.17) is 0 Å². The second-order valence-corrected chi connectivity index (χ2v) is 6.89. The van der Waals surface area contributed by atoms with Gasteiger partial charge in [-0.05, 0) is 46.6 Å². The van der Waals surface area contributed by atoms with Crippen molar-refractivity contribution in [1.82, 2.24) is 0 Å². The molecule has 0 aliphatic carbocycles. The van der Waals surface area contributed by atoms with Crippen LogP contribution in [0, 0.1) is 11.3 Å². The van der Waals surface area contributed by atoms with Crippen molar-refractivity contribution in [3.8, 4) is 11.1 Å². The van der Waals surface area contributed by atoms with Gasteiger partial charge in [0.25, 0.3) is 0 Å². The van der Waals surface area contributed by atoms with Crippen molar-refractivity contribution in [1.29, 1.82) is 0 Å². The third kappa shape index (κ3) is 2.58. The topological polar surface area (TPSA) is 12.0 Å². The molecule has 1 aliphatic rings. The normalized spacial score (nSPS) is 18.2. The van der Waals surface area contributed by atoms with Gasteiger partial charge in [-0.15, -0.1) is 0 Å². The van der Waals surface area contributed by atoms with Crippen molar-refractivity contribution in [3.63, 3.8) is 0 Å². The summed E-state index contributed by atoms with van der Waals surface area (Å²) in [5, 5.41) is 3.60. The van der Waals surface area contributed by atoms with E-state index in [1.165, 1.54) is 28.8 Å². The maximum Gasteiger partial charge on any atom is 0.0373 e. The Hall–Kier alpha value is -1.76. The van der Waals surface area contributed by atoms with Crippen LogP contribution in [0.3, 0.4) is 0 Å². The molecule has 1 heteroatoms. The molecule has 2 aromatic carbocycles. The van der Waals surface area contributed by atoms with E-state index in [9.17, 15) is 0 Å². The van der Waals surface area contributed by atoms with Gasteiger partial charge in [-0.3, -0.25) is 0 Å². The third-order valence-electron chi connectivity index (χ3n) is 4.44. The average molecular weight is 265 g/mol. The number of rotatable bonds is 1. The maximum atomic E-state index is 3.60. The summed E-state index contributed by atoms with van der Waals surface area (Å²) in [6.07, 6.45) is 1.17. The second kappa shape index (κ2) is 4.97. The summed E-state index contributed by atoms with van der Waals surface area (Å²) in [6, 6.07) is 17.4. The molecular weight excluding hydrogens is 242 g/mol. The van der Waals surface area contributed by atoms with Crippen LogP contribution in [0.5, 0.6) is 0 Å². The van der Waals surface area contributed by atoms with Gasteiger partial charge < -0.3 is 5.32 Å². The lowest BCUT2D eigenvalue weighted by Gasteiger charge is -2.35. The second-order valence-electron chi connectivity index (χ2n) is 6.89. The van der Waals surface area contributed by atoms with Crippen LogP contribution >= 0.6 is 0 Å². The predicted molar refractivity (Wildman–Crippen MR) is 87.0 cm³/mol. The third-order valence-corrected chi connectivity index (χ3v) is 4.44. The highest BCUT2D eigenvalue weighted by atomic mass is 14.9. The molecule has 0 amide bonds. The van der Waals surface area contributed by atoms with Crippen LogP contribution in [0.4, 0.5) is 5.69 Å². The van der Waals surface area contributed by atoms with Gasteiger partial charge in [0.05, 0.1) is 0 Å². The maximum absolute atomic E-state index is 3.60. The molecule has 0 saturated heterocycles. The number of anilines is 1. The van der Waals surface area contributed by atoms with E-state index < -0.39 is 0 Å². The summed E-state index contributed by atoms with van der Waals surface area (Å²) in [7, 11) is 0. The van der Waals surface area contributed by atoms with E-state index in [2.05, 4.69) is 74.6 Å². The van der Waals surface area contributed by atoms with E-state index in [0.717, 1.165) is 6.54 Å². The molecule has 104 valence electrons. The Balaban J connectivity index is 1.93. The minimum Gasteiger partial charge on any atom is -0.385 e. The van der Waals surface area contributed by atoms with Crippen LogP contribution in [0.1, 0.15) is 26.3 Å². The lowest BCUT2D eigenvalue weighted by molar-refractivity contribution is 0.247. The number of fused-ring (bicyclic) bond motifs is 1. The van der Waals surface area contributed by atoms with Gasteiger partial charge in [-0.2, -0.15) is 0 Å². The summed E-state index contributed by atoms with van der Waals surface area (Å²) in [5.74, 6) is 0.695. The lowest BCUT2D eigenvalue weighted by atomic mass is 9.75. The predicted octanol–water partition coefficient (Wildman–Crippen LogP) is 4.98. The minimum absolute atomic E-state index is 0.355. The summed E-state index contributed by atoms with van der Waals surface area (Å²) < 4.78 is 0. The molecule has 2 aromatic rings. The molecule has 1 nitrogen and oxygen atoms in total. The van der Waals surface area contributed by atoms with Crippen LogP contribution in [0.25, 0.3) is 11.1 Å². The van der Waals surface area contributed by atoms with Gasteiger partial charge in [0.2, 0.25) is 0 Å². The molecule has 0 spiro atoms. The highest BCUT2D eigenvalue weighted by Gasteiger charge is 2.28. The molecule has 1 atom stereocenters. The first-order valence-electron chi connectivity index (χ1n) is 7.46. The van der Waals surface area contributed by atoms with Gasteiger partial charge in [0.15, 0.2) is 0 Å². The molecule has 0 aromatic heterocycles. The molecule has 20 heavy (non-hydrogen) atoms. The molecule has 3 rings (SSSR count). The summed E-state index contributed by atoms with van der Waals surface area (Å²) in [6.45, 7) is 8.10. The molecule has 1 aliphatic heterocycles. The van der Waals surface area contributed by atoms with Crippen molar-refractivity contribution in [3.05, 3.63) is 54.1 Å². The van der Waals surface area contributed by atoms with Crippen LogP contribution in [-0.2, 0) is 6.42 Å². The molecule has 0 bridgehead atoms. The van der Waals surface area contributed by atoms with Crippen molar-refractivity contribution in [2.24, 2.45) is 11.3 Å². The van der Waals surface area contributed by atoms with Gasteiger partial charge >= 0.3 is 0 Å². The minimum atomic E-state index is 0.355. The number of benzene rings is 2. The largest absolute Gasteiger partial charge is 0.385 e. The molecule has 1 heterocycles. The highest BCUT2D eigenvalue weighted by molar-refractivity contribution is 5.69. The Bertz CT molecular complexity index is 593. The fourth-order valence-electron chi connectivity index (χ4n) is 2.93. The molecule has 0 radical (unpaired) electrons. The zero-order valence-electron chi connectivity index (χ0n) is 12.6. The molecule has 0 fully saturated rings. The molecule has 1 unspecified atom stereocenters. The lowest BCUT2D eigenvalue weighted by Crippen LogP contribution is -2.33. The van der Waals surface area contributed by atoms with E-state index in [1.807, 2.05) is 0 Å². The van der Waals surface area contributed by atoms with Crippen LogP contribution in [-0.4, -0.2) is 6.54 Å². The smallest absolute Gasteiger partial charge is 0.0373 e. The number of hydrogen-bond donors (Lipinski definition) is 1. The van der Waals surface area contributed by atoms with E-state index in [0.29, 0.717) is 11.3 Å². The van der Waals surface area contributed by atoms with Crippen LogP contribution < -0.4 is 5.32 Å². The SMILES string of the molecule is CC(C)(C)C1CNc2ccc(-c3ccccc3)cc2C1. The van der Waals surface area contributed by atoms with Crippen molar-refractivity contribution < 1.29 is 0 Å². The fourth-order valence-corrected chi connectivity index (χ4v) is 2.93. The highest BCUT2D eigenvalue weighted by Crippen LogP contribution is 2.36. The Morgan fingerprint density at radius 2 is 1.70 bits per heavy atom. The first kappa shape index (κ1) is 13.2. The van der Waals surface area contributed by atoms with E-state index >= 15 is 0 Å². The molecular formula is C19H23N. The molecule has 0 saturated carbocycles. The zero-order chi connectivity index (χ0) is 14.2. The van der Waals surface area contributed by atoms with E-state index in [1.54, 1.807) is 0 Å². The monoisotopic (exact) mass is 265 g/mol. The number of nitrogens with one attached hydrogen (secondary N) is 1. The summed E-state index contributed by atoms with van der Waals surface area (Å²) >= 11 is 0. The first-order chi connectivity index (χ1) is 9.54. The van der Waals surface area contributed by atoms with E-state index in [-0.39, 0.29) is 0 Å². The van der Waals surface area contributed by atoms with Crippen molar-refractivity contribution in [2.75, 3.05) is 11.9 Å². The average Bonchev–Trinajstić information content (AvgIpc) is 2.46. The quantitative estimate of drug-likeness (QED) is 0.766. The van der Waals surface area contributed by atoms with Crippen molar-refractivity contribution >= 4 is 5.69 Å². The Labute approximate surface area is 122 Å². The Kier molecular flexibility index (Phi) is 3.29. The van der Waals surface area contributed by atoms with Crippen LogP contribution in [0.15, 0.2) is 48.5 Å². The zero-order valence-corrected chi connectivity index (χ0v) is 12.6. The summed E-state index contributed by atoms with van der Waals surface area (Å²) in [5.41, 5.74) is 5.74. The Morgan fingerprint density at radius 1 is 0.950 bits per heavy atom. The van der Waals surface area contributed by atoms with Gasteiger partial charge in [0.1, 0.15) is 0 Å². The molecule has 1 N–H and O–H groups in total. The van der Waals surface area contributed by atoms with Crippen molar-refractivity contribution in [2.45, 2.75) is 27.2 Å². The Morgan fingerprint density at radius 3 is 2.40 bits per heavy atom. The standard InChI is InChI=1S/C19H23N/c1-19(2,3)17-12-16-11-15(9-10-18(16)20-13-17)14-7-5-4-6-8-14/h4-11,17,20H,12-13H2,1-3H3. The number of hydrogen-bond acceptors (Lipinski definition) is 1. The van der Waals surface area contributed by atoms with Crippen LogP contribution in [0.2, 0.25) is 0 Å².